The van der Waals surface area contributed by atoms with Gasteiger partial charge in [-0.2, -0.15) is 0 Å². The molecule has 0 saturated heterocycles. The molecule has 2 rings (SSSR count). The van der Waals surface area contributed by atoms with Crippen LogP contribution in [0.5, 0.6) is 0 Å². The molecule has 2 unspecified atom stereocenters. The molecule has 0 spiro atoms. The van der Waals surface area contributed by atoms with Crippen molar-refractivity contribution in [1.29, 1.82) is 0 Å². The fraction of sp³-hybridized carbons (Fsp3) is 0.500. The molecule has 1 aliphatic carbocycles. The van der Waals surface area contributed by atoms with E-state index in [9.17, 15) is 5.11 Å². The van der Waals surface area contributed by atoms with Crippen LogP contribution in [0, 0.1) is 6.92 Å². The minimum absolute atomic E-state index is 0.183. The summed E-state index contributed by atoms with van der Waals surface area (Å²) in [4.78, 5) is 0. The van der Waals surface area contributed by atoms with Gasteiger partial charge in [-0.25, -0.2) is 0 Å². The predicted molar refractivity (Wildman–Crippen MR) is 63.5 cm³/mol. The number of benzene rings is 1. The normalized spacial score (nSPS) is 25.5. The van der Waals surface area contributed by atoms with E-state index in [0.717, 1.165) is 35.5 Å². The lowest BCUT2D eigenvalue weighted by Crippen LogP contribution is -2.28. The first-order valence-corrected chi connectivity index (χ1v) is 5.76. The van der Waals surface area contributed by atoms with Crippen LogP contribution in [0.1, 0.15) is 24.8 Å². The zero-order valence-corrected chi connectivity index (χ0v) is 9.59. The Morgan fingerprint density at radius 1 is 1.40 bits per heavy atom. The first-order chi connectivity index (χ1) is 7.18. The van der Waals surface area contributed by atoms with Crippen molar-refractivity contribution in [3.05, 3.63) is 28.8 Å². The third kappa shape index (κ3) is 2.27. The van der Waals surface area contributed by atoms with Gasteiger partial charge in [-0.1, -0.05) is 17.7 Å². The molecular weight excluding hydrogens is 210 g/mol. The van der Waals surface area contributed by atoms with Crippen molar-refractivity contribution in [3.63, 3.8) is 0 Å². The highest BCUT2D eigenvalue weighted by Gasteiger charge is 2.25. The van der Waals surface area contributed by atoms with E-state index in [1.165, 1.54) is 0 Å². The van der Waals surface area contributed by atoms with Gasteiger partial charge in [0.2, 0.25) is 0 Å². The van der Waals surface area contributed by atoms with Gasteiger partial charge >= 0.3 is 0 Å². The van der Waals surface area contributed by atoms with Crippen LogP contribution < -0.4 is 5.32 Å². The van der Waals surface area contributed by atoms with Crippen molar-refractivity contribution < 1.29 is 5.11 Å². The Labute approximate surface area is 95.3 Å². The third-order valence-electron chi connectivity index (χ3n) is 3.09. The summed E-state index contributed by atoms with van der Waals surface area (Å²) in [5, 5.41) is 13.9. The van der Waals surface area contributed by atoms with Crippen molar-refractivity contribution in [2.45, 2.75) is 38.3 Å². The van der Waals surface area contributed by atoms with Crippen molar-refractivity contribution >= 4 is 17.3 Å². The number of hydrogen-bond donors (Lipinski definition) is 2. The van der Waals surface area contributed by atoms with Crippen LogP contribution in [0.15, 0.2) is 18.2 Å². The van der Waals surface area contributed by atoms with Gasteiger partial charge in [0.1, 0.15) is 0 Å². The summed E-state index contributed by atoms with van der Waals surface area (Å²) >= 11 is 6.03. The Hall–Kier alpha value is -0.730. The smallest absolute Gasteiger partial charge is 0.0741 e. The molecule has 3 heteroatoms. The zero-order chi connectivity index (χ0) is 10.8. The highest BCUT2D eigenvalue weighted by atomic mass is 35.5. The lowest BCUT2D eigenvalue weighted by atomic mass is 10.1. The maximum Gasteiger partial charge on any atom is 0.0741 e. The summed E-state index contributed by atoms with van der Waals surface area (Å²) in [5.74, 6) is 0. The zero-order valence-electron chi connectivity index (χ0n) is 8.83. The number of hydrogen-bond acceptors (Lipinski definition) is 2. The monoisotopic (exact) mass is 225 g/mol. The van der Waals surface area contributed by atoms with Gasteiger partial charge < -0.3 is 10.4 Å². The standard InChI is InChI=1S/C12H16ClNO/c1-8-9(13)4-2-5-10(8)14-11-6-3-7-12(11)15/h2,4-5,11-12,14-15H,3,6-7H2,1H3. The highest BCUT2D eigenvalue weighted by molar-refractivity contribution is 6.31. The molecule has 0 radical (unpaired) electrons. The lowest BCUT2D eigenvalue weighted by molar-refractivity contribution is 0.172. The van der Waals surface area contributed by atoms with Crippen LogP contribution >= 0.6 is 11.6 Å². The van der Waals surface area contributed by atoms with Gasteiger partial charge in [0.25, 0.3) is 0 Å². The van der Waals surface area contributed by atoms with Crippen molar-refractivity contribution in [3.8, 4) is 0 Å². The maximum absolute atomic E-state index is 9.71. The average molecular weight is 226 g/mol. The molecule has 1 fully saturated rings. The third-order valence-corrected chi connectivity index (χ3v) is 3.50. The molecule has 1 saturated carbocycles. The molecule has 0 aliphatic heterocycles. The minimum atomic E-state index is -0.219. The Kier molecular flexibility index (Phi) is 3.17. The Bertz CT molecular complexity index is 353. The van der Waals surface area contributed by atoms with Gasteiger partial charge in [0.15, 0.2) is 0 Å². The molecule has 15 heavy (non-hydrogen) atoms. The lowest BCUT2D eigenvalue weighted by Gasteiger charge is -2.19. The summed E-state index contributed by atoms with van der Waals surface area (Å²) in [6.07, 6.45) is 2.81. The van der Waals surface area contributed by atoms with Crippen LogP contribution in [0.4, 0.5) is 5.69 Å². The van der Waals surface area contributed by atoms with E-state index in [0.29, 0.717) is 0 Å². The largest absolute Gasteiger partial charge is 0.391 e. The van der Waals surface area contributed by atoms with Crippen molar-refractivity contribution in [1.82, 2.24) is 0 Å². The number of aliphatic hydroxyl groups excluding tert-OH is 1. The van der Waals surface area contributed by atoms with Crippen LogP contribution in [-0.2, 0) is 0 Å². The maximum atomic E-state index is 9.71. The van der Waals surface area contributed by atoms with Crippen molar-refractivity contribution in [2.24, 2.45) is 0 Å². The first kappa shape index (κ1) is 10.8. The molecule has 2 N–H and O–H groups in total. The summed E-state index contributed by atoms with van der Waals surface area (Å²) < 4.78 is 0. The van der Waals surface area contributed by atoms with Crippen LogP contribution in [-0.4, -0.2) is 17.3 Å². The second-order valence-corrected chi connectivity index (χ2v) is 4.57. The Morgan fingerprint density at radius 2 is 2.20 bits per heavy atom. The Morgan fingerprint density at radius 3 is 2.87 bits per heavy atom. The molecule has 0 amide bonds. The first-order valence-electron chi connectivity index (χ1n) is 5.38. The number of nitrogens with one attached hydrogen (secondary N) is 1. The summed E-state index contributed by atoms with van der Waals surface area (Å²) in [6, 6.07) is 6.00. The minimum Gasteiger partial charge on any atom is -0.391 e. The molecule has 1 aliphatic rings. The van der Waals surface area contributed by atoms with Gasteiger partial charge in [0, 0.05) is 10.7 Å². The quantitative estimate of drug-likeness (QED) is 0.811. The van der Waals surface area contributed by atoms with E-state index >= 15 is 0 Å². The molecule has 2 atom stereocenters. The number of anilines is 1. The fourth-order valence-corrected chi connectivity index (χ4v) is 2.25. The summed E-state index contributed by atoms with van der Waals surface area (Å²) in [7, 11) is 0. The van der Waals surface area contributed by atoms with Gasteiger partial charge in [-0.3, -0.25) is 0 Å². The second-order valence-electron chi connectivity index (χ2n) is 4.16. The fourth-order valence-electron chi connectivity index (χ4n) is 2.07. The molecule has 0 heterocycles. The van der Waals surface area contributed by atoms with E-state index in [2.05, 4.69) is 5.32 Å². The van der Waals surface area contributed by atoms with Crippen LogP contribution in [0.2, 0.25) is 5.02 Å². The molecule has 1 aromatic rings. The van der Waals surface area contributed by atoms with E-state index in [4.69, 9.17) is 11.6 Å². The van der Waals surface area contributed by atoms with Crippen molar-refractivity contribution in [2.75, 3.05) is 5.32 Å². The summed E-state index contributed by atoms with van der Waals surface area (Å²) in [5.41, 5.74) is 2.09. The number of rotatable bonds is 2. The van der Waals surface area contributed by atoms with Gasteiger partial charge in [-0.15, -0.1) is 0 Å². The molecular formula is C12H16ClNO. The van der Waals surface area contributed by atoms with E-state index in [1.54, 1.807) is 0 Å². The molecule has 0 bridgehead atoms. The average Bonchev–Trinajstić information content (AvgIpc) is 2.60. The van der Waals surface area contributed by atoms with E-state index < -0.39 is 0 Å². The SMILES string of the molecule is Cc1c(Cl)cccc1NC1CCCC1O. The number of aliphatic hydroxyl groups is 1. The summed E-state index contributed by atoms with van der Waals surface area (Å²) in [6.45, 7) is 1.99. The molecule has 0 aromatic heterocycles. The molecule has 2 nitrogen and oxygen atoms in total. The second kappa shape index (κ2) is 4.42. The van der Waals surface area contributed by atoms with Gasteiger partial charge in [-0.05, 0) is 43.9 Å². The molecule has 82 valence electrons. The van der Waals surface area contributed by atoms with Crippen LogP contribution in [0.3, 0.4) is 0 Å². The van der Waals surface area contributed by atoms with Crippen LogP contribution in [0.25, 0.3) is 0 Å². The Balaban J connectivity index is 2.13. The molecule has 1 aromatic carbocycles. The van der Waals surface area contributed by atoms with E-state index in [1.807, 2.05) is 25.1 Å². The van der Waals surface area contributed by atoms with E-state index in [-0.39, 0.29) is 12.1 Å². The number of halogens is 1. The predicted octanol–water partition coefficient (Wildman–Crippen LogP) is 2.97. The highest BCUT2D eigenvalue weighted by Crippen LogP contribution is 2.27. The topological polar surface area (TPSA) is 32.3 Å². The van der Waals surface area contributed by atoms with Gasteiger partial charge in [0.05, 0.1) is 12.1 Å².